The van der Waals surface area contributed by atoms with Crippen molar-refractivity contribution >= 4 is 13.8 Å². The maximum atomic E-state index is 11.7. The maximum Gasteiger partial charge on any atom is 0.472 e. The number of phosphoric acid groups is 1. The molecule has 0 rings (SSSR count). The molecule has 0 saturated carbocycles. The third-order valence-electron chi connectivity index (χ3n) is 6.99. The highest BCUT2D eigenvalue weighted by molar-refractivity contribution is 7.47. The number of aliphatic carboxylic acids is 1. The molecule has 0 aromatic heterocycles. The summed E-state index contributed by atoms with van der Waals surface area (Å²) in [5.74, 6) is -1.37. The molecule has 40 heavy (non-hydrogen) atoms. The molecular formula is C29H60NO9P. The van der Waals surface area contributed by atoms with Gasteiger partial charge in [0.15, 0.2) is 0 Å². The van der Waals surface area contributed by atoms with E-state index in [2.05, 4.69) is 16.0 Å². The number of ether oxygens (including phenoxy) is 2. The second kappa shape index (κ2) is 27.3. The lowest BCUT2D eigenvalue weighted by Gasteiger charge is -2.18. The Morgan fingerprint density at radius 3 is 1.57 bits per heavy atom. The lowest BCUT2D eigenvalue weighted by Crippen LogP contribution is -2.34. The van der Waals surface area contributed by atoms with E-state index in [0.717, 1.165) is 19.3 Å². The van der Waals surface area contributed by atoms with Crippen LogP contribution in [0.15, 0.2) is 0 Å². The lowest BCUT2D eigenvalue weighted by molar-refractivity contribution is -0.139. The minimum absolute atomic E-state index is 0.0843. The van der Waals surface area contributed by atoms with Crippen LogP contribution in [-0.2, 0) is 27.9 Å². The number of carboxylic acid groups (broad SMARTS) is 1. The fraction of sp³-hybridized carbons (Fsp3) is 0.966. The van der Waals surface area contributed by atoms with Crippen LogP contribution in [0, 0.1) is 0 Å². The van der Waals surface area contributed by atoms with Gasteiger partial charge in [-0.15, -0.1) is 0 Å². The highest BCUT2D eigenvalue weighted by Crippen LogP contribution is 2.43. The summed E-state index contributed by atoms with van der Waals surface area (Å²) in [5.41, 5.74) is 5.20. The largest absolute Gasteiger partial charge is 0.480 e. The third kappa shape index (κ3) is 26.3. The summed E-state index contributed by atoms with van der Waals surface area (Å²) in [7, 11) is -2.90. The molecule has 4 atom stereocenters. The number of carbonyl (C=O) groups is 1. The highest BCUT2D eigenvalue weighted by Gasteiger charge is 2.25. The van der Waals surface area contributed by atoms with Gasteiger partial charge in [-0.05, 0) is 6.42 Å². The first-order valence-corrected chi connectivity index (χ1v) is 17.1. The van der Waals surface area contributed by atoms with Crippen LogP contribution in [0.1, 0.15) is 129 Å². The summed E-state index contributed by atoms with van der Waals surface area (Å²) in [5, 5.41) is 18.6. The number of hydrogen-bond acceptors (Lipinski definition) is 8. The molecule has 2 unspecified atom stereocenters. The molecule has 0 aliphatic rings. The van der Waals surface area contributed by atoms with Gasteiger partial charge in [0.2, 0.25) is 0 Å². The van der Waals surface area contributed by atoms with Gasteiger partial charge in [0.05, 0.1) is 32.5 Å². The fourth-order valence-corrected chi connectivity index (χ4v) is 5.17. The number of aliphatic hydroxyl groups excluding tert-OH is 1. The molecule has 11 heteroatoms. The number of phosphoric ester groups is 1. The molecule has 0 aromatic rings. The van der Waals surface area contributed by atoms with Gasteiger partial charge in [-0.25, -0.2) is 4.57 Å². The zero-order valence-corrected chi connectivity index (χ0v) is 26.2. The van der Waals surface area contributed by atoms with Crippen molar-refractivity contribution < 1.29 is 43.0 Å². The van der Waals surface area contributed by atoms with Crippen LogP contribution in [-0.4, -0.2) is 72.9 Å². The highest BCUT2D eigenvalue weighted by atomic mass is 31.2. The molecule has 0 saturated heterocycles. The summed E-state index contributed by atoms with van der Waals surface area (Å²) in [6.07, 6.45) is 23.7. The van der Waals surface area contributed by atoms with Gasteiger partial charge in [-0.3, -0.25) is 13.8 Å². The second-order valence-corrected chi connectivity index (χ2v) is 12.3. The van der Waals surface area contributed by atoms with E-state index in [0.29, 0.717) is 6.61 Å². The number of hydrogen-bond donors (Lipinski definition) is 4. The van der Waals surface area contributed by atoms with Crippen molar-refractivity contribution in [2.75, 3.05) is 33.5 Å². The van der Waals surface area contributed by atoms with Gasteiger partial charge in [0, 0.05) is 7.11 Å². The Labute approximate surface area is 243 Å². The predicted octanol–water partition coefficient (Wildman–Crippen LogP) is 6.36. The quantitative estimate of drug-likeness (QED) is 0.0524. The number of methoxy groups -OCH3 is 1. The molecule has 0 aliphatic carbocycles. The van der Waals surface area contributed by atoms with Crippen molar-refractivity contribution in [3.05, 3.63) is 0 Å². The van der Waals surface area contributed by atoms with E-state index in [-0.39, 0.29) is 12.7 Å². The van der Waals surface area contributed by atoms with Crippen molar-refractivity contribution in [2.24, 2.45) is 5.73 Å². The molecule has 240 valence electrons. The molecule has 10 nitrogen and oxygen atoms in total. The Morgan fingerprint density at radius 2 is 1.15 bits per heavy atom. The topological polar surface area (TPSA) is 158 Å². The first kappa shape index (κ1) is 39.4. The van der Waals surface area contributed by atoms with Crippen molar-refractivity contribution in [2.45, 2.75) is 147 Å². The number of rotatable bonds is 31. The average Bonchev–Trinajstić information content (AvgIpc) is 2.93. The van der Waals surface area contributed by atoms with Crippen LogP contribution < -0.4 is 5.73 Å². The van der Waals surface area contributed by atoms with Crippen molar-refractivity contribution in [1.29, 1.82) is 0 Å². The lowest BCUT2D eigenvalue weighted by atomic mass is 10.0. The van der Waals surface area contributed by atoms with E-state index in [4.69, 9.17) is 20.3 Å². The fourth-order valence-electron chi connectivity index (χ4n) is 4.39. The molecule has 0 amide bonds. The van der Waals surface area contributed by atoms with Crippen LogP contribution >= 0.6 is 7.82 Å². The summed E-state index contributed by atoms with van der Waals surface area (Å²) in [4.78, 5) is 20.1. The normalized spacial score (nSPS) is 15.5. The SMILES string of the molecule is CCCCCCCCCCCCCCCCCCCCC(COC[C@@H](O)COP(=O)(O)OC[C@H](N)C(=O)O)OC. The minimum Gasteiger partial charge on any atom is -0.480 e. The summed E-state index contributed by atoms with van der Waals surface area (Å²) >= 11 is 0. The van der Waals surface area contributed by atoms with E-state index in [1.54, 1.807) is 7.11 Å². The zero-order valence-electron chi connectivity index (χ0n) is 25.3. The minimum atomic E-state index is -4.52. The molecule has 0 radical (unpaired) electrons. The Morgan fingerprint density at radius 1 is 0.725 bits per heavy atom. The predicted molar refractivity (Wildman–Crippen MR) is 158 cm³/mol. The number of unbranched alkanes of at least 4 members (excludes halogenated alkanes) is 17. The Balaban J connectivity index is 3.58. The van der Waals surface area contributed by atoms with Crippen molar-refractivity contribution in [3.8, 4) is 0 Å². The van der Waals surface area contributed by atoms with Crippen LogP contribution in [0.3, 0.4) is 0 Å². The smallest absolute Gasteiger partial charge is 0.472 e. The van der Waals surface area contributed by atoms with Gasteiger partial charge >= 0.3 is 13.8 Å². The third-order valence-corrected chi connectivity index (χ3v) is 7.94. The van der Waals surface area contributed by atoms with Crippen molar-refractivity contribution in [1.82, 2.24) is 0 Å². The van der Waals surface area contributed by atoms with Crippen LogP contribution in [0.5, 0.6) is 0 Å². The maximum absolute atomic E-state index is 11.7. The first-order valence-electron chi connectivity index (χ1n) is 15.6. The Bertz CT molecular complexity index is 626. The first-order chi connectivity index (χ1) is 19.2. The molecule has 0 aliphatic heterocycles. The number of nitrogens with two attached hydrogens (primary N) is 1. The van der Waals surface area contributed by atoms with E-state index in [1.165, 1.54) is 103 Å². The second-order valence-electron chi connectivity index (χ2n) is 10.9. The average molecular weight is 598 g/mol. The van der Waals surface area contributed by atoms with E-state index < -0.39 is 39.2 Å². The van der Waals surface area contributed by atoms with Gasteiger partial charge in [0.25, 0.3) is 0 Å². The van der Waals surface area contributed by atoms with Crippen LogP contribution in [0.4, 0.5) is 0 Å². The molecule has 0 heterocycles. The molecule has 0 fully saturated rings. The molecule has 0 spiro atoms. The molecule has 0 aromatic carbocycles. The van der Waals surface area contributed by atoms with Gasteiger partial charge in [-0.1, -0.05) is 122 Å². The van der Waals surface area contributed by atoms with Gasteiger partial charge in [-0.2, -0.15) is 0 Å². The van der Waals surface area contributed by atoms with Gasteiger partial charge in [0.1, 0.15) is 12.1 Å². The Hall–Kier alpha value is -0.580. The van der Waals surface area contributed by atoms with Crippen LogP contribution in [0.2, 0.25) is 0 Å². The van der Waals surface area contributed by atoms with Crippen LogP contribution in [0.25, 0.3) is 0 Å². The van der Waals surface area contributed by atoms with Crippen molar-refractivity contribution in [3.63, 3.8) is 0 Å². The summed E-state index contributed by atoms with van der Waals surface area (Å²) in [6.45, 7) is 1.27. The van der Waals surface area contributed by atoms with E-state index in [9.17, 15) is 19.4 Å². The van der Waals surface area contributed by atoms with Gasteiger partial charge < -0.3 is 30.3 Å². The monoisotopic (exact) mass is 597 g/mol. The van der Waals surface area contributed by atoms with E-state index in [1.807, 2.05) is 0 Å². The molecular weight excluding hydrogens is 537 g/mol. The standard InChI is InChI=1S/C29H60NO9P/c1-3-4-5-6-7-8-9-10-11-12-13-14-15-16-17-18-19-20-21-27(36-2)24-37-22-26(31)23-38-40(34,35)39-25-28(30)29(32)33/h26-28,31H,3-25,30H2,1-2H3,(H,32,33)(H,34,35)/t26-,27?,28+/m1/s1. The van der Waals surface area contributed by atoms with E-state index >= 15 is 0 Å². The molecule has 0 bridgehead atoms. The number of carboxylic acids is 1. The zero-order chi connectivity index (χ0) is 29.9. The summed E-state index contributed by atoms with van der Waals surface area (Å²) < 4.78 is 31.8. The summed E-state index contributed by atoms with van der Waals surface area (Å²) in [6, 6.07) is -1.45. The number of aliphatic hydroxyl groups is 1. The Kier molecular flexibility index (Phi) is 26.9. The molecule has 5 N–H and O–H groups in total.